The van der Waals surface area contributed by atoms with Crippen LogP contribution in [0.1, 0.15) is 44.4 Å². The van der Waals surface area contributed by atoms with Crippen LogP contribution >= 0.6 is 11.3 Å². The number of fused-ring (bicyclic) bond motifs is 1. The highest BCUT2D eigenvalue weighted by molar-refractivity contribution is 7.14. The van der Waals surface area contributed by atoms with E-state index in [-0.39, 0.29) is 5.91 Å². The van der Waals surface area contributed by atoms with E-state index >= 15 is 0 Å². The van der Waals surface area contributed by atoms with E-state index in [9.17, 15) is 4.79 Å². The molecule has 0 bridgehead atoms. The van der Waals surface area contributed by atoms with Crippen LogP contribution in [-0.4, -0.2) is 28.4 Å². The zero-order valence-corrected chi connectivity index (χ0v) is 14.2. The van der Waals surface area contributed by atoms with Gasteiger partial charge in [-0.3, -0.25) is 4.79 Å². The number of nitrogens with one attached hydrogen (secondary N) is 1. The molecule has 1 fully saturated rings. The summed E-state index contributed by atoms with van der Waals surface area (Å²) < 4.78 is 1.98. The quantitative estimate of drug-likeness (QED) is 0.767. The number of aromatic nitrogens is 2. The number of thiophene rings is 1. The molecule has 0 aliphatic carbocycles. The molecule has 1 aliphatic rings. The summed E-state index contributed by atoms with van der Waals surface area (Å²) in [5.74, 6) is 0.218. The van der Waals surface area contributed by atoms with Gasteiger partial charge < -0.3 is 15.5 Å². The second-order valence-electron chi connectivity index (χ2n) is 6.30. The van der Waals surface area contributed by atoms with Crippen molar-refractivity contribution >= 4 is 22.9 Å². The zero-order valence-electron chi connectivity index (χ0n) is 13.4. The van der Waals surface area contributed by atoms with E-state index in [1.165, 1.54) is 4.88 Å². The van der Waals surface area contributed by atoms with Crippen LogP contribution in [0.15, 0.2) is 36.8 Å². The summed E-state index contributed by atoms with van der Waals surface area (Å²) in [4.78, 5) is 18.2. The molecular weight excluding hydrogens is 320 g/mol. The highest BCUT2D eigenvalue weighted by Gasteiger charge is 2.21. The number of primary amides is 1. The van der Waals surface area contributed by atoms with Gasteiger partial charge in [-0.2, -0.15) is 0 Å². The summed E-state index contributed by atoms with van der Waals surface area (Å²) in [5, 5.41) is 3.39. The van der Waals surface area contributed by atoms with Gasteiger partial charge in [-0.15, -0.1) is 11.3 Å². The fourth-order valence-corrected chi connectivity index (χ4v) is 4.58. The molecule has 1 saturated heterocycles. The lowest BCUT2D eigenvalue weighted by molar-refractivity contribution is 0.100. The molecule has 0 spiro atoms. The molecule has 5 nitrogen and oxygen atoms in total. The molecule has 1 aliphatic heterocycles. The first-order chi connectivity index (χ1) is 11.7. The Hall–Kier alpha value is -2.18. The normalized spacial score (nSPS) is 15.8. The molecule has 0 radical (unpaired) electrons. The van der Waals surface area contributed by atoms with Crippen molar-refractivity contribution in [2.24, 2.45) is 5.73 Å². The van der Waals surface area contributed by atoms with E-state index in [2.05, 4.69) is 28.5 Å². The van der Waals surface area contributed by atoms with Crippen LogP contribution in [0.5, 0.6) is 0 Å². The van der Waals surface area contributed by atoms with Crippen molar-refractivity contribution in [3.8, 4) is 0 Å². The molecule has 3 aromatic rings. The smallest absolute Gasteiger partial charge is 0.259 e. The average Bonchev–Trinajstić information content (AvgIpc) is 3.22. The summed E-state index contributed by atoms with van der Waals surface area (Å²) in [5.41, 5.74) is 8.73. The fourth-order valence-electron chi connectivity index (χ4n) is 3.38. The molecule has 3 aromatic heterocycles. The van der Waals surface area contributed by atoms with Crippen molar-refractivity contribution in [1.82, 2.24) is 14.7 Å². The first kappa shape index (κ1) is 15.4. The molecule has 1 amide bonds. The Labute approximate surface area is 144 Å². The standard InChI is InChI=1S/C18H20N4OS/c19-18(23)17-14(11-15(24-17)13-1-4-20-5-2-13)9-12-3-7-22-8-6-21-16(22)10-12/h3,6-8,10-11,13,20H,1-2,4-5,9H2,(H2,19,23). The van der Waals surface area contributed by atoms with Gasteiger partial charge in [0.25, 0.3) is 5.91 Å². The average molecular weight is 340 g/mol. The minimum absolute atomic E-state index is 0.322. The molecule has 24 heavy (non-hydrogen) atoms. The second kappa shape index (κ2) is 6.37. The van der Waals surface area contributed by atoms with E-state index in [1.54, 1.807) is 17.5 Å². The Kier molecular flexibility index (Phi) is 4.08. The third-order valence-electron chi connectivity index (χ3n) is 4.65. The van der Waals surface area contributed by atoms with Crippen molar-refractivity contribution in [3.05, 3.63) is 57.7 Å². The molecule has 0 atom stereocenters. The first-order valence-corrected chi connectivity index (χ1v) is 9.07. The van der Waals surface area contributed by atoms with Crippen LogP contribution in [0.4, 0.5) is 0 Å². The molecule has 6 heteroatoms. The molecule has 0 aromatic carbocycles. The van der Waals surface area contributed by atoms with Gasteiger partial charge >= 0.3 is 0 Å². The van der Waals surface area contributed by atoms with Crippen molar-refractivity contribution in [2.45, 2.75) is 25.2 Å². The van der Waals surface area contributed by atoms with Gasteiger partial charge in [0.05, 0.1) is 4.88 Å². The molecule has 0 saturated carbocycles. The maximum atomic E-state index is 11.9. The summed E-state index contributed by atoms with van der Waals surface area (Å²) in [7, 11) is 0. The lowest BCUT2D eigenvalue weighted by atomic mass is 9.95. The van der Waals surface area contributed by atoms with Crippen molar-refractivity contribution in [3.63, 3.8) is 0 Å². The molecule has 4 rings (SSSR count). The van der Waals surface area contributed by atoms with Gasteiger partial charge in [-0.1, -0.05) is 0 Å². The van der Waals surface area contributed by atoms with Crippen LogP contribution in [0, 0.1) is 0 Å². The Bertz CT molecular complexity index is 876. The third-order valence-corrected chi connectivity index (χ3v) is 6.00. The van der Waals surface area contributed by atoms with E-state index < -0.39 is 0 Å². The first-order valence-electron chi connectivity index (χ1n) is 8.25. The largest absolute Gasteiger partial charge is 0.365 e. The number of carbonyl (C=O) groups is 1. The number of amides is 1. The van der Waals surface area contributed by atoms with Gasteiger partial charge in [-0.25, -0.2) is 4.98 Å². The summed E-state index contributed by atoms with van der Waals surface area (Å²) in [6.45, 7) is 2.08. The number of rotatable bonds is 4. The third kappa shape index (κ3) is 2.95. The Balaban J connectivity index is 1.65. The van der Waals surface area contributed by atoms with Crippen molar-refractivity contribution in [2.75, 3.05) is 13.1 Å². The minimum Gasteiger partial charge on any atom is -0.365 e. The lowest BCUT2D eigenvalue weighted by Crippen LogP contribution is -2.26. The number of imidazole rings is 1. The number of pyridine rings is 1. The number of piperidine rings is 1. The highest BCUT2D eigenvalue weighted by atomic mass is 32.1. The second-order valence-corrected chi connectivity index (χ2v) is 7.38. The monoisotopic (exact) mass is 340 g/mol. The zero-order chi connectivity index (χ0) is 16.5. The van der Waals surface area contributed by atoms with Gasteiger partial charge in [0.15, 0.2) is 0 Å². The van der Waals surface area contributed by atoms with E-state index in [4.69, 9.17) is 5.73 Å². The molecular formula is C18H20N4OS. The Morgan fingerprint density at radius 3 is 2.96 bits per heavy atom. The summed E-state index contributed by atoms with van der Waals surface area (Å²) >= 11 is 1.58. The Morgan fingerprint density at radius 1 is 1.33 bits per heavy atom. The van der Waals surface area contributed by atoms with Crippen LogP contribution in [0.2, 0.25) is 0 Å². The van der Waals surface area contributed by atoms with Crippen molar-refractivity contribution in [1.29, 1.82) is 0 Å². The van der Waals surface area contributed by atoms with Gasteiger partial charge in [0, 0.05) is 23.5 Å². The van der Waals surface area contributed by atoms with Gasteiger partial charge in [0.1, 0.15) is 5.65 Å². The predicted molar refractivity (Wildman–Crippen MR) is 95.7 cm³/mol. The predicted octanol–water partition coefficient (Wildman–Crippen LogP) is 2.55. The number of carbonyl (C=O) groups excluding carboxylic acids is 1. The van der Waals surface area contributed by atoms with Crippen LogP contribution < -0.4 is 11.1 Å². The molecule has 3 N–H and O–H groups in total. The number of hydrogen-bond donors (Lipinski definition) is 2. The van der Waals surface area contributed by atoms with Gasteiger partial charge in [0.2, 0.25) is 0 Å². The number of nitrogens with two attached hydrogens (primary N) is 1. The summed E-state index contributed by atoms with van der Waals surface area (Å²) in [6, 6.07) is 6.32. The van der Waals surface area contributed by atoms with Gasteiger partial charge in [-0.05, 0) is 67.6 Å². The summed E-state index contributed by atoms with van der Waals surface area (Å²) in [6.07, 6.45) is 8.67. The number of nitrogens with zero attached hydrogens (tertiary/aromatic N) is 2. The Morgan fingerprint density at radius 2 is 2.17 bits per heavy atom. The van der Waals surface area contributed by atoms with Crippen molar-refractivity contribution < 1.29 is 4.79 Å². The van der Waals surface area contributed by atoms with E-state index in [1.807, 2.05) is 16.8 Å². The fraction of sp³-hybridized carbons (Fsp3) is 0.333. The number of hydrogen-bond acceptors (Lipinski definition) is 4. The van der Waals surface area contributed by atoms with Crippen LogP contribution in [0.25, 0.3) is 5.65 Å². The molecule has 4 heterocycles. The highest BCUT2D eigenvalue weighted by Crippen LogP contribution is 2.34. The van der Waals surface area contributed by atoms with Crippen LogP contribution in [0.3, 0.4) is 0 Å². The molecule has 0 unspecified atom stereocenters. The SMILES string of the molecule is NC(=O)c1sc(C2CCNCC2)cc1Cc1ccn2ccnc2c1. The van der Waals surface area contributed by atoms with E-state index in [0.29, 0.717) is 17.2 Å². The van der Waals surface area contributed by atoms with Crippen LogP contribution in [-0.2, 0) is 6.42 Å². The maximum absolute atomic E-state index is 11.9. The lowest BCUT2D eigenvalue weighted by Gasteiger charge is -2.21. The minimum atomic E-state index is -0.322. The molecule has 124 valence electrons. The topological polar surface area (TPSA) is 72.4 Å². The maximum Gasteiger partial charge on any atom is 0.259 e. The van der Waals surface area contributed by atoms with E-state index in [0.717, 1.165) is 42.7 Å².